The highest BCUT2D eigenvalue weighted by Crippen LogP contribution is 2.19. The van der Waals surface area contributed by atoms with E-state index in [1.807, 2.05) is 17.5 Å². The van der Waals surface area contributed by atoms with Crippen LogP contribution in [0.25, 0.3) is 0 Å². The van der Waals surface area contributed by atoms with Crippen LogP contribution in [-0.2, 0) is 13.1 Å². The van der Waals surface area contributed by atoms with Gasteiger partial charge in [0, 0.05) is 23.5 Å². The summed E-state index contributed by atoms with van der Waals surface area (Å²) in [5.74, 6) is -1.09. The maximum absolute atomic E-state index is 13.4. The SMILES string of the molecule is Fc1cc(CNCc2cccs2)c(F)cc1Cl. The Morgan fingerprint density at radius 1 is 1.18 bits per heavy atom. The molecule has 17 heavy (non-hydrogen) atoms. The van der Waals surface area contributed by atoms with Gasteiger partial charge in [0.15, 0.2) is 0 Å². The minimum absolute atomic E-state index is 0.190. The Labute approximate surface area is 107 Å². The number of thiophene rings is 1. The van der Waals surface area contributed by atoms with Crippen LogP contribution in [0.5, 0.6) is 0 Å². The molecular formula is C12H10ClF2NS. The summed E-state index contributed by atoms with van der Waals surface area (Å²) in [7, 11) is 0. The highest BCUT2D eigenvalue weighted by Gasteiger charge is 2.08. The Kier molecular flexibility index (Phi) is 4.10. The Morgan fingerprint density at radius 2 is 2.00 bits per heavy atom. The van der Waals surface area contributed by atoms with Crippen molar-refractivity contribution in [3.8, 4) is 0 Å². The molecule has 0 spiro atoms. The van der Waals surface area contributed by atoms with Crippen LogP contribution in [0.2, 0.25) is 5.02 Å². The Hall–Kier alpha value is -0.970. The van der Waals surface area contributed by atoms with Gasteiger partial charge in [0.05, 0.1) is 5.02 Å². The molecule has 0 unspecified atom stereocenters. The van der Waals surface area contributed by atoms with Gasteiger partial charge in [0.2, 0.25) is 0 Å². The fourth-order valence-corrected chi connectivity index (χ4v) is 2.26. The van der Waals surface area contributed by atoms with Gasteiger partial charge in [0.1, 0.15) is 11.6 Å². The molecule has 1 aromatic heterocycles. The van der Waals surface area contributed by atoms with Crippen LogP contribution in [-0.4, -0.2) is 0 Å². The van der Waals surface area contributed by atoms with Gasteiger partial charge >= 0.3 is 0 Å². The van der Waals surface area contributed by atoms with E-state index >= 15 is 0 Å². The first-order valence-corrected chi connectivity index (χ1v) is 6.29. The van der Waals surface area contributed by atoms with Crippen LogP contribution in [0.15, 0.2) is 29.6 Å². The van der Waals surface area contributed by atoms with E-state index < -0.39 is 11.6 Å². The summed E-state index contributed by atoms with van der Waals surface area (Å²) in [5.41, 5.74) is 0.281. The molecule has 0 radical (unpaired) electrons. The molecule has 0 aliphatic rings. The second-order valence-electron chi connectivity index (χ2n) is 3.54. The standard InChI is InChI=1S/C12H10ClF2NS/c13-10-5-11(14)8(4-12(10)15)6-16-7-9-2-1-3-17-9/h1-5,16H,6-7H2. The van der Waals surface area contributed by atoms with E-state index in [1.165, 1.54) is 0 Å². The summed E-state index contributed by atoms with van der Waals surface area (Å²) < 4.78 is 26.5. The summed E-state index contributed by atoms with van der Waals surface area (Å²) >= 11 is 7.08. The van der Waals surface area contributed by atoms with Crippen LogP contribution in [0, 0.1) is 11.6 Å². The van der Waals surface area contributed by atoms with Gasteiger partial charge in [-0.25, -0.2) is 8.78 Å². The normalized spacial score (nSPS) is 10.8. The molecule has 2 rings (SSSR count). The van der Waals surface area contributed by atoms with E-state index in [0.717, 1.165) is 17.0 Å². The summed E-state index contributed by atoms with van der Waals surface area (Å²) in [5, 5.41) is 4.83. The monoisotopic (exact) mass is 273 g/mol. The average Bonchev–Trinajstić information content (AvgIpc) is 2.78. The molecule has 5 heteroatoms. The molecule has 0 aliphatic carbocycles. The minimum atomic E-state index is -0.596. The fourth-order valence-electron chi connectivity index (χ4n) is 1.43. The molecule has 90 valence electrons. The minimum Gasteiger partial charge on any atom is -0.308 e. The van der Waals surface area contributed by atoms with E-state index in [-0.39, 0.29) is 17.1 Å². The molecule has 1 N–H and O–H groups in total. The predicted octanol–water partition coefficient (Wildman–Crippen LogP) is 3.97. The third-order valence-electron chi connectivity index (χ3n) is 2.28. The third-order valence-corrected chi connectivity index (χ3v) is 3.45. The lowest BCUT2D eigenvalue weighted by Gasteiger charge is -2.06. The summed E-state index contributed by atoms with van der Waals surface area (Å²) in [6.45, 7) is 0.916. The number of hydrogen-bond acceptors (Lipinski definition) is 2. The zero-order valence-corrected chi connectivity index (χ0v) is 10.4. The Morgan fingerprint density at radius 3 is 2.71 bits per heavy atom. The van der Waals surface area contributed by atoms with E-state index in [0.29, 0.717) is 6.54 Å². The molecule has 0 fully saturated rings. The number of halogens is 3. The molecule has 2 aromatic rings. The highest BCUT2D eigenvalue weighted by molar-refractivity contribution is 7.09. The van der Waals surface area contributed by atoms with Crippen molar-refractivity contribution >= 4 is 22.9 Å². The van der Waals surface area contributed by atoms with Gasteiger partial charge < -0.3 is 5.32 Å². The molecule has 0 amide bonds. The summed E-state index contributed by atoms with van der Waals surface area (Å²) in [6, 6.07) is 6.05. The maximum Gasteiger partial charge on any atom is 0.142 e. The first kappa shape index (κ1) is 12.5. The Balaban J connectivity index is 1.97. The number of rotatable bonds is 4. The summed E-state index contributed by atoms with van der Waals surface area (Å²) in [6.07, 6.45) is 0. The van der Waals surface area contributed by atoms with Crippen LogP contribution in [0.3, 0.4) is 0 Å². The first-order valence-electron chi connectivity index (χ1n) is 5.03. The number of nitrogens with one attached hydrogen (secondary N) is 1. The first-order chi connectivity index (χ1) is 8.16. The van der Waals surface area contributed by atoms with Gasteiger partial charge in [-0.3, -0.25) is 0 Å². The van der Waals surface area contributed by atoms with Crippen molar-refractivity contribution in [2.75, 3.05) is 0 Å². The van der Waals surface area contributed by atoms with Crippen LogP contribution >= 0.6 is 22.9 Å². The summed E-state index contributed by atoms with van der Waals surface area (Å²) in [4.78, 5) is 1.15. The van der Waals surface area contributed by atoms with E-state index in [9.17, 15) is 8.78 Å². The largest absolute Gasteiger partial charge is 0.308 e. The average molecular weight is 274 g/mol. The lowest BCUT2D eigenvalue weighted by molar-refractivity contribution is 0.569. The quantitative estimate of drug-likeness (QED) is 0.831. The second-order valence-corrected chi connectivity index (χ2v) is 4.98. The van der Waals surface area contributed by atoms with Gasteiger partial charge in [-0.15, -0.1) is 11.3 Å². The molecule has 0 aliphatic heterocycles. The third kappa shape index (κ3) is 3.25. The molecule has 0 saturated heterocycles. The van der Waals surface area contributed by atoms with Crippen LogP contribution < -0.4 is 5.32 Å². The zero-order valence-electron chi connectivity index (χ0n) is 8.84. The van der Waals surface area contributed by atoms with Crippen LogP contribution in [0.1, 0.15) is 10.4 Å². The molecule has 0 bridgehead atoms. The molecule has 1 aromatic carbocycles. The second kappa shape index (κ2) is 5.58. The highest BCUT2D eigenvalue weighted by atomic mass is 35.5. The van der Waals surface area contributed by atoms with Crippen molar-refractivity contribution in [1.29, 1.82) is 0 Å². The van der Waals surface area contributed by atoms with Crippen molar-refractivity contribution < 1.29 is 8.78 Å². The fraction of sp³-hybridized carbons (Fsp3) is 0.167. The number of hydrogen-bond donors (Lipinski definition) is 1. The lowest BCUT2D eigenvalue weighted by atomic mass is 10.2. The van der Waals surface area contributed by atoms with Crippen molar-refractivity contribution in [2.24, 2.45) is 0 Å². The topological polar surface area (TPSA) is 12.0 Å². The molecule has 0 saturated carbocycles. The van der Waals surface area contributed by atoms with E-state index in [4.69, 9.17) is 11.6 Å². The molecule has 0 atom stereocenters. The van der Waals surface area contributed by atoms with Crippen molar-refractivity contribution in [3.05, 3.63) is 56.7 Å². The number of benzene rings is 1. The van der Waals surface area contributed by atoms with Gasteiger partial charge in [0.25, 0.3) is 0 Å². The Bertz CT molecular complexity index is 499. The van der Waals surface area contributed by atoms with E-state index in [2.05, 4.69) is 5.32 Å². The van der Waals surface area contributed by atoms with E-state index in [1.54, 1.807) is 11.3 Å². The lowest BCUT2D eigenvalue weighted by Crippen LogP contribution is -2.13. The van der Waals surface area contributed by atoms with Crippen molar-refractivity contribution in [3.63, 3.8) is 0 Å². The maximum atomic E-state index is 13.4. The van der Waals surface area contributed by atoms with Gasteiger partial charge in [-0.1, -0.05) is 17.7 Å². The smallest absolute Gasteiger partial charge is 0.142 e. The van der Waals surface area contributed by atoms with Gasteiger partial charge in [-0.2, -0.15) is 0 Å². The molecular weight excluding hydrogens is 264 g/mol. The van der Waals surface area contributed by atoms with Crippen LogP contribution in [0.4, 0.5) is 8.78 Å². The van der Waals surface area contributed by atoms with Crippen molar-refractivity contribution in [1.82, 2.24) is 5.32 Å². The predicted molar refractivity (Wildman–Crippen MR) is 66.2 cm³/mol. The van der Waals surface area contributed by atoms with Crippen molar-refractivity contribution in [2.45, 2.75) is 13.1 Å². The molecule has 1 heterocycles. The van der Waals surface area contributed by atoms with Gasteiger partial charge in [-0.05, 0) is 23.6 Å². The molecule has 1 nitrogen and oxygen atoms in total. The zero-order chi connectivity index (χ0) is 12.3.